The molecule has 1 N–H and O–H groups in total. The fourth-order valence-electron chi connectivity index (χ4n) is 2.63. The minimum atomic E-state index is 0.102. The van der Waals surface area contributed by atoms with Crippen LogP contribution < -0.4 is 10.2 Å². The monoisotopic (exact) mass is 272 g/mol. The summed E-state index contributed by atoms with van der Waals surface area (Å²) < 4.78 is 0. The Balaban J connectivity index is 1.82. The van der Waals surface area contributed by atoms with E-state index in [0.29, 0.717) is 6.42 Å². The second-order valence-corrected chi connectivity index (χ2v) is 5.77. The average Bonchev–Trinajstić information content (AvgIpc) is 3.26. The summed E-state index contributed by atoms with van der Waals surface area (Å²) in [5.41, 5.74) is 2.80. The number of aryl methyl sites for hydroxylation is 1. The van der Waals surface area contributed by atoms with E-state index in [2.05, 4.69) is 5.32 Å². The van der Waals surface area contributed by atoms with Gasteiger partial charge in [-0.05, 0) is 50.3 Å². The predicted molar refractivity (Wildman–Crippen MR) is 78.7 cm³/mol. The van der Waals surface area contributed by atoms with E-state index in [1.807, 2.05) is 30.0 Å². The summed E-state index contributed by atoms with van der Waals surface area (Å²) in [6.45, 7) is 2.78. The van der Waals surface area contributed by atoms with Crippen LogP contribution in [0.4, 0.5) is 11.4 Å². The normalized spacial score (nSPS) is 19.1. The molecule has 1 aromatic carbocycles. The van der Waals surface area contributed by atoms with Gasteiger partial charge in [-0.2, -0.15) is 0 Å². The summed E-state index contributed by atoms with van der Waals surface area (Å²) in [4.78, 5) is 25.7. The number of rotatable bonds is 3. The third kappa shape index (κ3) is 2.69. The number of carbonyl (C=O) groups excluding carboxylic acids is 2. The largest absolute Gasteiger partial charge is 0.326 e. The Morgan fingerprint density at radius 1 is 1.30 bits per heavy atom. The lowest BCUT2D eigenvalue weighted by molar-refractivity contribution is -0.119. The summed E-state index contributed by atoms with van der Waals surface area (Å²) in [6.07, 6.45) is 4.64. The minimum Gasteiger partial charge on any atom is -0.326 e. The van der Waals surface area contributed by atoms with Crippen molar-refractivity contribution in [3.05, 3.63) is 23.8 Å². The molecule has 0 atom stereocenters. The molecule has 1 heterocycles. The first-order valence-corrected chi connectivity index (χ1v) is 7.37. The molecule has 1 saturated carbocycles. The van der Waals surface area contributed by atoms with Gasteiger partial charge in [0.15, 0.2) is 0 Å². The van der Waals surface area contributed by atoms with Crippen LogP contribution in [0.2, 0.25) is 0 Å². The van der Waals surface area contributed by atoms with Gasteiger partial charge < -0.3 is 10.2 Å². The third-order valence-corrected chi connectivity index (χ3v) is 4.04. The van der Waals surface area contributed by atoms with Crippen LogP contribution in [-0.4, -0.2) is 18.4 Å². The molecule has 20 heavy (non-hydrogen) atoms. The van der Waals surface area contributed by atoms with Gasteiger partial charge in [-0.3, -0.25) is 9.59 Å². The van der Waals surface area contributed by atoms with Gasteiger partial charge in [-0.1, -0.05) is 6.07 Å². The highest BCUT2D eigenvalue weighted by atomic mass is 16.2. The Morgan fingerprint density at radius 2 is 2.10 bits per heavy atom. The maximum Gasteiger partial charge on any atom is 0.227 e. The minimum absolute atomic E-state index is 0.102. The average molecular weight is 272 g/mol. The molecular weight excluding hydrogens is 252 g/mol. The van der Waals surface area contributed by atoms with Crippen LogP contribution >= 0.6 is 0 Å². The summed E-state index contributed by atoms with van der Waals surface area (Å²) in [7, 11) is 0. The molecule has 1 aliphatic heterocycles. The van der Waals surface area contributed by atoms with Gasteiger partial charge in [0, 0.05) is 30.3 Å². The maximum atomic E-state index is 12.0. The predicted octanol–water partition coefficient (Wildman–Crippen LogP) is 2.86. The molecule has 0 spiro atoms. The Bertz CT molecular complexity index is 549. The SMILES string of the molecule is Cc1ccc(NC(=O)C2CC2)cc1N1CCCCC1=O. The molecule has 3 rings (SSSR count). The van der Waals surface area contributed by atoms with E-state index < -0.39 is 0 Å². The van der Waals surface area contributed by atoms with Crippen LogP contribution in [0.5, 0.6) is 0 Å². The van der Waals surface area contributed by atoms with E-state index in [-0.39, 0.29) is 17.7 Å². The molecule has 4 heteroatoms. The number of amides is 2. The molecule has 1 saturated heterocycles. The molecule has 0 unspecified atom stereocenters. The Morgan fingerprint density at radius 3 is 2.80 bits per heavy atom. The number of carbonyl (C=O) groups is 2. The second kappa shape index (κ2) is 5.27. The molecular formula is C16H20N2O2. The van der Waals surface area contributed by atoms with E-state index in [9.17, 15) is 9.59 Å². The van der Waals surface area contributed by atoms with Crippen LogP contribution in [0.15, 0.2) is 18.2 Å². The maximum absolute atomic E-state index is 12.0. The van der Waals surface area contributed by atoms with Gasteiger partial charge in [0.2, 0.25) is 11.8 Å². The van der Waals surface area contributed by atoms with Crippen LogP contribution in [0.1, 0.15) is 37.7 Å². The van der Waals surface area contributed by atoms with E-state index in [0.717, 1.165) is 49.2 Å². The Kier molecular flexibility index (Phi) is 3.47. The van der Waals surface area contributed by atoms with E-state index in [1.165, 1.54) is 0 Å². The Labute approximate surface area is 119 Å². The van der Waals surface area contributed by atoms with Crippen LogP contribution in [-0.2, 0) is 9.59 Å². The molecule has 106 valence electrons. The zero-order valence-corrected chi connectivity index (χ0v) is 11.8. The number of piperidine rings is 1. The van der Waals surface area contributed by atoms with Crippen molar-refractivity contribution < 1.29 is 9.59 Å². The molecule has 0 radical (unpaired) electrons. The lowest BCUT2D eigenvalue weighted by Crippen LogP contribution is -2.35. The quantitative estimate of drug-likeness (QED) is 0.919. The summed E-state index contributed by atoms with van der Waals surface area (Å²) >= 11 is 0. The van der Waals surface area contributed by atoms with Gasteiger partial charge in [-0.15, -0.1) is 0 Å². The number of hydrogen-bond donors (Lipinski definition) is 1. The van der Waals surface area contributed by atoms with Crippen molar-refractivity contribution in [2.45, 2.75) is 39.0 Å². The Hall–Kier alpha value is -1.84. The molecule has 0 aromatic heterocycles. The lowest BCUT2D eigenvalue weighted by Gasteiger charge is -2.28. The molecule has 4 nitrogen and oxygen atoms in total. The van der Waals surface area contributed by atoms with E-state index in [4.69, 9.17) is 0 Å². The van der Waals surface area contributed by atoms with Crippen LogP contribution in [0.25, 0.3) is 0 Å². The zero-order valence-electron chi connectivity index (χ0n) is 11.8. The summed E-state index contributed by atoms with van der Waals surface area (Å²) in [6, 6.07) is 5.81. The smallest absolute Gasteiger partial charge is 0.227 e. The standard InChI is InChI=1S/C16H20N2O2/c1-11-5-8-13(17-16(20)12-6-7-12)10-14(11)18-9-3-2-4-15(18)19/h5,8,10,12H,2-4,6-7,9H2,1H3,(H,17,20). The van der Waals surface area contributed by atoms with Crippen molar-refractivity contribution in [2.24, 2.45) is 5.92 Å². The van der Waals surface area contributed by atoms with Crippen molar-refractivity contribution in [2.75, 3.05) is 16.8 Å². The van der Waals surface area contributed by atoms with Crippen molar-refractivity contribution in [1.29, 1.82) is 0 Å². The molecule has 0 bridgehead atoms. The number of hydrogen-bond acceptors (Lipinski definition) is 2. The van der Waals surface area contributed by atoms with Crippen molar-refractivity contribution in [3.8, 4) is 0 Å². The second-order valence-electron chi connectivity index (χ2n) is 5.77. The van der Waals surface area contributed by atoms with Gasteiger partial charge in [0.25, 0.3) is 0 Å². The van der Waals surface area contributed by atoms with Crippen molar-refractivity contribution in [3.63, 3.8) is 0 Å². The van der Waals surface area contributed by atoms with Crippen LogP contribution in [0.3, 0.4) is 0 Å². The lowest BCUT2D eigenvalue weighted by atomic mass is 10.1. The first-order valence-electron chi connectivity index (χ1n) is 7.37. The first kappa shape index (κ1) is 13.2. The van der Waals surface area contributed by atoms with E-state index >= 15 is 0 Å². The fraction of sp³-hybridized carbons (Fsp3) is 0.500. The third-order valence-electron chi connectivity index (χ3n) is 4.04. The van der Waals surface area contributed by atoms with Gasteiger partial charge >= 0.3 is 0 Å². The fourth-order valence-corrected chi connectivity index (χ4v) is 2.63. The van der Waals surface area contributed by atoms with Crippen molar-refractivity contribution in [1.82, 2.24) is 0 Å². The van der Waals surface area contributed by atoms with E-state index in [1.54, 1.807) is 0 Å². The number of nitrogens with one attached hydrogen (secondary N) is 1. The van der Waals surface area contributed by atoms with Gasteiger partial charge in [0.05, 0.1) is 0 Å². The topological polar surface area (TPSA) is 49.4 Å². The molecule has 1 aliphatic carbocycles. The highest BCUT2D eigenvalue weighted by molar-refractivity contribution is 5.97. The molecule has 2 amide bonds. The summed E-state index contributed by atoms with van der Waals surface area (Å²) in [5, 5.41) is 2.95. The van der Waals surface area contributed by atoms with Crippen molar-refractivity contribution >= 4 is 23.2 Å². The van der Waals surface area contributed by atoms with Gasteiger partial charge in [-0.25, -0.2) is 0 Å². The number of nitrogens with zero attached hydrogens (tertiary/aromatic N) is 1. The first-order chi connectivity index (χ1) is 9.65. The number of benzene rings is 1. The molecule has 2 fully saturated rings. The molecule has 2 aliphatic rings. The van der Waals surface area contributed by atoms with Crippen LogP contribution in [0, 0.1) is 12.8 Å². The molecule has 1 aromatic rings. The van der Waals surface area contributed by atoms with Gasteiger partial charge in [0.1, 0.15) is 0 Å². The highest BCUT2D eigenvalue weighted by Gasteiger charge is 2.29. The summed E-state index contributed by atoms with van der Waals surface area (Å²) in [5.74, 6) is 0.478. The number of anilines is 2. The highest BCUT2D eigenvalue weighted by Crippen LogP contribution is 2.32. The zero-order chi connectivity index (χ0) is 14.1.